The minimum atomic E-state index is 0.0145. The topological polar surface area (TPSA) is 45.2 Å². The van der Waals surface area contributed by atoms with Crippen molar-refractivity contribution >= 4 is 33.3 Å². The van der Waals surface area contributed by atoms with Gasteiger partial charge in [0.1, 0.15) is 5.82 Å². The summed E-state index contributed by atoms with van der Waals surface area (Å²) in [6.07, 6.45) is 5.39. The van der Waals surface area contributed by atoms with Gasteiger partial charge in [-0.1, -0.05) is 28.1 Å². The molecule has 1 aliphatic rings. The number of benzene rings is 1. The number of carbonyl (C=O) groups excluding carboxylic acids is 1. The number of nitrogens with zero attached hydrogens (tertiary/aromatic N) is 2. The molecule has 1 aromatic heterocycles. The number of nitrogens with one attached hydrogen (secondary N) is 1. The van der Waals surface area contributed by atoms with E-state index in [-0.39, 0.29) is 5.91 Å². The van der Waals surface area contributed by atoms with Crippen molar-refractivity contribution in [3.63, 3.8) is 0 Å². The lowest BCUT2D eigenvalue weighted by molar-refractivity contribution is -0.116. The van der Waals surface area contributed by atoms with Crippen LogP contribution >= 0.6 is 15.9 Å². The van der Waals surface area contributed by atoms with E-state index in [1.807, 2.05) is 36.4 Å². The normalized spacial score (nSPS) is 14.0. The van der Waals surface area contributed by atoms with Crippen molar-refractivity contribution in [2.75, 3.05) is 23.3 Å². The molecule has 0 unspecified atom stereocenters. The summed E-state index contributed by atoms with van der Waals surface area (Å²) in [5.74, 6) is 1.01. The SMILES string of the molecule is O=C(CCc1cccc(Br)c1)Nc1ccc(N2CCCC2)nc1. The van der Waals surface area contributed by atoms with Gasteiger partial charge in [-0.25, -0.2) is 4.98 Å². The second-order valence-corrected chi connectivity index (χ2v) is 6.69. The summed E-state index contributed by atoms with van der Waals surface area (Å²) in [6.45, 7) is 2.15. The Morgan fingerprint density at radius 1 is 1.22 bits per heavy atom. The molecular formula is C18H20BrN3O. The van der Waals surface area contributed by atoms with Crippen molar-refractivity contribution in [2.24, 2.45) is 0 Å². The minimum absolute atomic E-state index is 0.0145. The van der Waals surface area contributed by atoms with Crippen molar-refractivity contribution in [2.45, 2.75) is 25.7 Å². The van der Waals surface area contributed by atoms with E-state index in [4.69, 9.17) is 0 Å². The maximum Gasteiger partial charge on any atom is 0.224 e. The fourth-order valence-corrected chi connectivity index (χ4v) is 3.21. The van der Waals surface area contributed by atoms with Crippen LogP contribution < -0.4 is 10.2 Å². The lowest BCUT2D eigenvalue weighted by Crippen LogP contribution is -2.19. The van der Waals surface area contributed by atoms with Crippen molar-refractivity contribution in [1.29, 1.82) is 0 Å². The molecule has 0 bridgehead atoms. The number of hydrogen-bond donors (Lipinski definition) is 1. The highest BCUT2D eigenvalue weighted by Gasteiger charge is 2.13. The maximum atomic E-state index is 12.1. The second kappa shape index (κ2) is 7.59. The number of halogens is 1. The highest BCUT2D eigenvalue weighted by molar-refractivity contribution is 9.10. The molecule has 0 radical (unpaired) electrons. The number of aromatic nitrogens is 1. The van der Waals surface area contributed by atoms with Crippen LogP contribution in [-0.2, 0) is 11.2 Å². The first-order valence-corrected chi connectivity index (χ1v) is 8.75. The third-order valence-corrected chi connectivity index (χ3v) is 4.48. The highest BCUT2D eigenvalue weighted by atomic mass is 79.9. The molecule has 5 heteroatoms. The fraction of sp³-hybridized carbons (Fsp3) is 0.333. The van der Waals surface area contributed by atoms with Crippen LogP contribution in [0.5, 0.6) is 0 Å². The van der Waals surface area contributed by atoms with Gasteiger partial charge in [0, 0.05) is 24.0 Å². The molecule has 0 aliphatic carbocycles. The maximum absolute atomic E-state index is 12.1. The monoisotopic (exact) mass is 373 g/mol. The fourth-order valence-electron chi connectivity index (χ4n) is 2.77. The molecule has 0 spiro atoms. The predicted molar refractivity (Wildman–Crippen MR) is 96.8 cm³/mol. The van der Waals surface area contributed by atoms with Gasteiger partial charge in [-0.3, -0.25) is 4.79 Å². The Hall–Kier alpha value is -1.88. The van der Waals surface area contributed by atoms with E-state index in [9.17, 15) is 4.79 Å². The van der Waals surface area contributed by atoms with Crippen molar-refractivity contribution in [1.82, 2.24) is 4.98 Å². The molecule has 23 heavy (non-hydrogen) atoms. The molecule has 4 nitrogen and oxygen atoms in total. The second-order valence-electron chi connectivity index (χ2n) is 5.78. The average molecular weight is 374 g/mol. The first-order chi connectivity index (χ1) is 11.2. The van der Waals surface area contributed by atoms with Gasteiger partial charge in [-0.05, 0) is 49.1 Å². The Kier molecular flexibility index (Phi) is 5.28. The molecule has 2 aromatic rings. The number of amides is 1. The van der Waals surface area contributed by atoms with Gasteiger partial charge < -0.3 is 10.2 Å². The molecule has 1 N–H and O–H groups in total. The van der Waals surface area contributed by atoms with Crippen LogP contribution in [0.25, 0.3) is 0 Å². The number of carbonyl (C=O) groups is 1. The largest absolute Gasteiger partial charge is 0.357 e. The van der Waals surface area contributed by atoms with Crippen LogP contribution in [0, 0.1) is 0 Å². The quantitative estimate of drug-likeness (QED) is 0.860. The van der Waals surface area contributed by atoms with Crippen molar-refractivity contribution < 1.29 is 4.79 Å². The van der Waals surface area contributed by atoms with Gasteiger partial charge in [0.15, 0.2) is 0 Å². The Morgan fingerprint density at radius 2 is 2.04 bits per heavy atom. The van der Waals surface area contributed by atoms with Gasteiger partial charge in [0.05, 0.1) is 11.9 Å². The zero-order chi connectivity index (χ0) is 16.1. The van der Waals surface area contributed by atoms with E-state index in [1.54, 1.807) is 6.20 Å². The number of pyridine rings is 1. The Balaban J connectivity index is 1.51. The number of anilines is 2. The average Bonchev–Trinajstić information content (AvgIpc) is 3.08. The summed E-state index contributed by atoms with van der Waals surface area (Å²) >= 11 is 3.44. The predicted octanol–water partition coefficient (Wildman–Crippen LogP) is 4.02. The molecule has 1 aromatic carbocycles. The smallest absolute Gasteiger partial charge is 0.224 e. The Morgan fingerprint density at radius 3 is 2.74 bits per heavy atom. The van der Waals surface area contributed by atoms with Crippen LogP contribution in [0.1, 0.15) is 24.8 Å². The van der Waals surface area contributed by atoms with E-state index in [1.165, 1.54) is 12.8 Å². The molecule has 1 aliphatic heterocycles. The molecule has 0 saturated carbocycles. The van der Waals surface area contributed by atoms with E-state index < -0.39 is 0 Å². The lowest BCUT2D eigenvalue weighted by Gasteiger charge is -2.16. The zero-order valence-electron chi connectivity index (χ0n) is 13.0. The van der Waals surface area contributed by atoms with Crippen molar-refractivity contribution in [3.8, 4) is 0 Å². The first-order valence-electron chi connectivity index (χ1n) is 7.96. The van der Waals surface area contributed by atoms with Gasteiger partial charge in [0.2, 0.25) is 5.91 Å². The zero-order valence-corrected chi connectivity index (χ0v) is 14.6. The van der Waals surface area contributed by atoms with Gasteiger partial charge in [0.25, 0.3) is 0 Å². The minimum Gasteiger partial charge on any atom is -0.357 e. The molecule has 1 fully saturated rings. The van der Waals surface area contributed by atoms with Gasteiger partial charge >= 0.3 is 0 Å². The van der Waals surface area contributed by atoms with E-state index >= 15 is 0 Å². The Labute approximate surface area is 145 Å². The third kappa shape index (κ3) is 4.55. The molecule has 120 valence electrons. The van der Waals surface area contributed by atoms with E-state index in [0.29, 0.717) is 6.42 Å². The highest BCUT2D eigenvalue weighted by Crippen LogP contribution is 2.19. The van der Waals surface area contributed by atoms with Crippen LogP contribution in [0.3, 0.4) is 0 Å². The van der Waals surface area contributed by atoms with Crippen LogP contribution in [0.2, 0.25) is 0 Å². The molecule has 1 amide bonds. The van der Waals surface area contributed by atoms with Crippen LogP contribution in [0.4, 0.5) is 11.5 Å². The summed E-state index contributed by atoms with van der Waals surface area (Å²) in [4.78, 5) is 18.8. The van der Waals surface area contributed by atoms with Crippen LogP contribution in [0.15, 0.2) is 47.1 Å². The number of rotatable bonds is 5. The van der Waals surface area contributed by atoms with Crippen molar-refractivity contribution in [3.05, 3.63) is 52.6 Å². The Bertz CT molecular complexity index is 666. The van der Waals surface area contributed by atoms with Crippen LogP contribution in [-0.4, -0.2) is 24.0 Å². The van der Waals surface area contributed by atoms with Gasteiger partial charge in [-0.15, -0.1) is 0 Å². The summed E-state index contributed by atoms with van der Waals surface area (Å²) in [7, 11) is 0. The molecule has 2 heterocycles. The standard InChI is InChI=1S/C18H20BrN3O/c19-15-5-3-4-14(12-15)6-9-18(23)21-16-7-8-17(20-13-16)22-10-1-2-11-22/h3-5,7-8,12-13H,1-2,6,9-11H2,(H,21,23). The molecule has 0 atom stereocenters. The first kappa shape index (κ1) is 16.0. The summed E-state index contributed by atoms with van der Waals surface area (Å²) < 4.78 is 1.04. The van der Waals surface area contributed by atoms with E-state index in [0.717, 1.165) is 41.1 Å². The number of aryl methyl sites for hydroxylation is 1. The molecular weight excluding hydrogens is 354 g/mol. The molecule has 3 rings (SSSR count). The van der Waals surface area contributed by atoms with E-state index in [2.05, 4.69) is 31.1 Å². The molecule has 1 saturated heterocycles. The lowest BCUT2D eigenvalue weighted by atomic mass is 10.1. The summed E-state index contributed by atoms with van der Waals surface area (Å²) in [5, 5.41) is 2.91. The van der Waals surface area contributed by atoms with Gasteiger partial charge in [-0.2, -0.15) is 0 Å². The number of hydrogen-bond acceptors (Lipinski definition) is 3. The summed E-state index contributed by atoms with van der Waals surface area (Å²) in [6, 6.07) is 12.0. The third-order valence-electron chi connectivity index (χ3n) is 3.99. The summed E-state index contributed by atoms with van der Waals surface area (Å²) in [5.41, 5.74) is 1.91.